The predicted molar refractivity (Wildman–Crippen MR) is 75.5 cm³/mol. The zero-order chi connectivity index (χ0) is 12.1. The maximum atomic E-state index is 4.59. The summed E-state index contributed by atoms with van der Waals surface area (Å²) in [5.41, 5.74) is 2.14. The predicted octanol–water partition coefficient (Wildman–Crippen LogP) is 2.56. The van der Waals surface area contributed by atoms with Gasteiger partial charge in [0.05, 0.1) is 10.8 Å². The van der Waals surface area contributed by atoms with Crippen molar-refractivity contribution in [1.29, 1.82) is 0 Å². The third-order valence-corrected chi connectivity index (χ3v) is 3.20. The maximum absolute atomic E-state index is 4.59. The van der Waals surface area contributed by atoms with Gasteiger partial charge >= 0.3 is 0 Å². The highest BCUT2D eigenvalue weighted by molar-refractivity contribution is 7.78. The highest BCUT2D eigenvalue weighted by Gasteiger charge is 2.12. The van der Waals surface area contributed by atoms with Gasteiger partial charge in [-0.1, -0.05) is 0 Å². The van der Waals surface area contributed by atoms with Gasteiger partial charge < -0.3 is 9.80 Å². The SMILES string of the molecule is CN1CCCN(c2ccc(N=C=S)cc2)CC1. The number of hydrogen-bond acceptors (Lipinski definition) is 4. The Labute approximate surface area is 108 Å². The van der Waals surface area contributed by atoms with E-state index in [1.807, 2.05) is 12.1 Å². The van der Waals surface area contributed by atoms with E-state index in [-0.39, 0.29) is 0 Å². The first-order chi connectivity index (χ1) is 8.29. The molecule has 0 spiro atoms. The Hall–Kier alpha value is -1.22. The van der Waals surface area contributed by atoms with Crippen LogP contribution in [0.1, 0.15) is 6.42 Å². The first-order valence-corrected chi connectivity index (χ1v) is 6.32. The van der Waals surface area contributed by atoms with Crippen LogP contribution >= 0.6 is 12.2 Å². The van der Waals surface area contributed by atoms with Gasteiger partial charge in [0, 0.05) is 25.3 Å². The van der Waals surface area contributed by atoms with Gasteiger partial charge in [-0.2, -0.15) is 4.99 Å². The number of nitrogens with zero attached hydrogens (tertiary/aromatic N) is 3. The summed E-state index contributed by atoms with van der Waals surface area (Å²) < 4.78 is 0. The molecule has 90 valence electrons. The fourth-order valence-electron chi connectivity index (χ4n) is 2.10. The van der Waals surface area contributed by atoms with Gasteiger partial charge in [0.2, 0.25) is 0 Å². The number of aliphatic imine (C=N–C) groups is 1. The summed E-state index contributed by atoms with van der Waals surface area (Å²) in [4.78, 5) is 8.77. The fourth-order valence-corrected chi connectivity index (χ4v) is 2.20. The van der Waals surface area contributed by atoms with Crippen molar-refractivity contribution in [2.24, 2.45) is 4.99 Å². The standard InChI is InChI=1S/C13H17N3S/c1-15-7-2-8-16(10-9-15)13-5-3-12(4-6-13)14-11-17/h3-6H,2,7-10H2,1H3. The average molecular weight is 247 g/mol. The van der Waals surface area contributed by atoms with E-state index in [1.165, 1.54) is 18.7 Å². The third kappa shape index (κ3) is 3.37. The highest BCUT2D eigenvalue weighted by Crippen LogP contribution is 2.20. The Balaban J connectivity index is 2.08. The zero-order valence-electron chi connectivity index (χ0n) is 10.1. The number of anilines is 1. The van der Waals surface area contributed by atoms with Crippen molar-refractivity contribution in [2.75, 3.05) is 38.1 Å². The quantitative estimate of drug-likeness (QED) is 0.591. The number of benzene rings is 1. The Bertz CT molecular complexity index is 409. The van der Waals surface area contributed by atoms with Crippen LogP contribution in [0.4, 0.5) is 11.4 Å². The van der Waals surface area contributed by atoms with Crippen molar-refractivity contribution in [1.82, 2.24) is 4.90 Å². The van der Waals surface area contributed by atoms with Crippen molar-refractivity contribution in [3.05, 3.63) is 24.3 Å². The smallest absolute Gasteiger partial charge is 0.0741 e. The Kier molecular flexibility index (Phi) is 4.26. The molecule has 1 aromatic carbocycles. The lowest BCUT2D eigenvalue weighted by Crippen LogP contribution is -2.28. The second kappa shape index (κ2) is 5.92. The van der Waals surface area contributed by atoms with Crippen LogP contribution in [0, 0.1) is 0 Å². The van der Waals surface area contributed by atoms with Crippen LogP contribution in [0.15, 0.2) is 29.3 Å². The lowest BCUT2D eigenvalue weighted by Gasteiger charge is -2.22. The van der Waals surface area contributed by atoms with E-state index in [0.717, 1.165) is 25.3 Å². The monoisotopic (exact) mass is 247 g/mol. The minimum Gasteiger partial charge on any atom is -0.370 e. The van der Waals surface area contributed by atoms with E-state index in [4.69, 9.17) is 0 Å². The summed E-state index contributed by atoms with van der Waals surface area (Å²) in [6, 6.07) is 8.19. The molecule has 0 N–H and O–H groups in total. The van der Waals surface area contributed by atoms with Crippen molar-refractivity contribution in [3.63, 3.8) is 0 Å². The fraction of sp³-hybridized carbons (Fsp3) is 0.462. The van der Waals surface area contributed by atoms with Crippen LogP contribution in [0.5, 0.6) is 0 Å². The van der Waals surface area contributed by atoms with Gasteiger partial charge in [-0.25, -0.2) is 0 Å². The van der Waals surface area contributed by atoms with Crippen LogP contribution < -0.4 is 4.90 Å². The summed E-state index contributed by atoms with van der Waals surface area (Å²) in [7, 11) is 2.18. The van der Waals surface area contributed by atoms with E-state index in [0.29, 0.717) is 0 Å². The normalized spacial score (nSPS) is 17.4. The number of hydrogen-bond donors (Lipinski definition) is 0. The molecule has 0 bridgehead atoms. The minimum absolute atomic E-state index is 0.871. The number of thiocarbonyl (C=S) groups is 1. The first-order valence-electron chi connectivity index (χ1n) is 5.91. The van der Waals surface area contributed by atoms with Gasteiger partial charge in [0.15, 0.2) is 0 Å². The molecule has 2 rings (SSSR count). The van der Waals surface area contributed by atoms with Crippen molar-refractivity contribution >= 4 is 28.8 Å². The molecule has 0 amide bonds. The summed E-state index contributed by atoms with van der Waals surface area (Å²) in [6.45, 7) is 4.52. The molecule has 1 aliphatic rings. The number of rotatable bonds is 2. The van der Waals surface area contributed by atoms with Crippen LogP contribution in [-0.4, -0.2) is 43.3 Å². The van der Waals surface area contributed by atoms with Gasteiger partial charge in [0.25, 0.3) is 0 Å². The van der Waals surface area contributed by atoms with Gasteiger partial charge in [-0.3, -0.25) is 0 Å². The van der Waals surface area contributed by atoms with Crippen molar-refractivity contribution < 1.29 is 0 Å². The van der Waals surface area contributed by atoms with Gasteiger partial charge in [0.1, 0.15) is 0 Å². The second-order valence-corrected chi connectivity index (χ2v) is 4.55. The van der Waals surface area contributed by atoms with Gasteiger partial charge in [-0.15, -0.1) is 0 Å². The lowest BCUT2D eigenvalue weighted by atomic mass is 10.2. The van der Waals surface area contributed by atoms with E-state index in [2.05, 4.69) is 51.4 Å². The van der Waals surface area contributed by atoms with Crippen LogP contribution in [0.3, 0.4) is 0 Å². The molecule has 1 heterocycles. The summed E-state index contributed by atoms with van der Waals surface area (Å²) in [6.07, 6.45) is 1.22. The van der Waals surface area contributed by atoms with Crippen molar-refractivity contribution in [3.8, 4) is 0 Å². The molecule has 3 nitrogen and oxygen atoms in total. The number of likely N-dealkylation sites (N-methyl/N-ethyl adjacent to an activating group) is 1. The van der Waals surface area contributed by atoms with E-state index in [9.17, 15) is 0 Å². The Morgan fingerprint density at radius 2 is 1.88 bits per heavy atom. The summed E-state index contributed by atoms with van der Waals surface area (Å²) >= 11 is 4.59. The highest BCUT2D eigenvalue weighted by atomic mass is 32.1. The zero-order valence-corrected chi connectivity index (χ0v) is 10.9. The first kappa shape index (κ1) is 12.2. The van der Waals surface area contributed by atoms with E-state index < -0.39 is 0 Å². The minimum atomic E-state index is 0.871. The van der Waals surface area contributed by atoms with Crippen LogP contribution in [-0.2, 0) is 0 Å². The molecular formula is C13H17N3S. The second-order valence-electron chi connectivity index (χ2n) is 4.36. The van der Waals surface area contributed by atoms with Crippen LogP contribution in [0.25, 0.3) is 0 Å². The van der Waals surface area contributed by atoms with E-state index >= 15 is 0 Å². The molecule has 1 saturated heterocycles. The topological polar surface area (TPSA) is 18.8 Å². The third-order valence-electron chi connectivity index (χ3n) is 3.11. The molecule has 1 aliphatic heterocycles. The maximum Gasteiger partial charge on any atom is 0.0741 e. The summed E-state index contributed by atoms with van der Waals surface area (Å²) in [5, 5.41) is 2.39. The van der Waals surface area contributed by atoms with Crippen molar-refractivity contribution in [2.45, 2.75) is 6.42 Å². The molecule has 0 aliphatic carbocycles. The van der Waals surface area contributed by atoms with E-state index in [1.54, 1.807) is 0 Å². The number of isothiocyanates is 1. The molecule has 4 heteroatoms. The molecule has 1 fully saturated rings. The average Bonchev–Trinajstić information content (AvgIpc) is 2.56. The molecule has 1 aromatic rings. The Morgan fingerprint density at radius 3 is 2.59 bits per heavy atom. The molecule has 0 saturated carbocycles. The van der Waals surface area contributed by atoms with Crippen LogP contribution in [0.2, 0.25) is 0 Å². The molecule has 0 radical (unpaired) electrons. The molecule has 0 unspecified atom stereocenters. The van der Waals surface area contributed by atoms with Gasteiger partial charge in [-0.05, 0) is 56.5 Å². The lowest BCUT2D eigenvalue weighted by molar-refractivity contribution is 0.360. The molecular weight excluding hydrogens is 230 g/mol. The summed E-state index contributed by atoms with van der Waals surface area (Å²) in [5.74, 6) is 0. The Morgan fingerprint density at radius 1 is 1.12 bits per heavy atom. The molecule has 0 atom stereocenters. The molecule has 17 heavy (non-hydrogen) atoms. The largest absolute Gasteiger partial charge is 0.370 e. The molecule has 0 aromatic heterocycles.